The van der Waals surface area contributed by atoms with Crippen molar-refractivity contribution in [1.29, 1.82) is 0 Å². The van der Waals surface area contributed by atoms with Gasteiger partial charge in [0.2, 0.25) is 0 Å². The quantitative estimate of drug-likeness (QED) is 0.174. The minimum Gasteiger partial charge on any atom is -0.452 e. The summed E-state index contributed by atoms with van der Waals surface area (Å²) in [6.45, 7) is 0. The smallest absolute Gasteiger partial charge is 0.180 e. The lowest BCUT2D eigenvalue weighted by atomic mass is 10.0. The Balaban J connectivity index is 1.10. The highest BCUT2D eigenvalue weighted by molar-refractivity contribution is 7.26. The van der Waals surface area contributed by atoms with Gasteiger partial charge in [-0.2, -0.15) is 0 Å². The average Bonchev–Trinajstić information content (AvgIpc) is 3.97. The number of benzene rings is 7. The third-order valence-corrected chi connectivity index (χ3v) is 12.8. The van der Waals surface area contributed by atoms with Gasteiger partial charge in [-0.25, -0.2) is 24.9 Å². The van der Waals surface area contributed by atoms with E-state index in [0.29, 0.717) is 28.9 Å². The molecule has 0 N–H and O–H groups in total. The molecule has 5 aromatic heterocycles. The van der Waals surface area contributed by atoms with Crippen molar-refractivity contribution >= 4 is 85.1 Å². The van der Waals surface area contributed by atoms with E-state index in [4.69, 9.17) is 29.3 Å². The Kier molecular flexibility index (Phi) is 7.17. The van der Waals surface area contributed by atoms with Crippen LogP contribution in [0, 0.1) is 0 Å². The van der Waals surface area contributed by atoms with Gasteiger partial charge < -0.3 is 4.42 Å². The SMILES string of the molecule is c1ccc(-c2nc(-c3cccc4sc5ccccc5c34)nc(-c3cccc4sc5ccc(-c6nc(-c7ccccc7)nc7c6oc6ccccc67)cc5c34)n2)cc1. The second-order valence-electron chi connectivity index (χ2n) is 14.0. The standard InChI is InChI=1S/C49H27N5OS2/c1-3-13-28(14-4-1)46-50-43(45-44(51-46)31-17-7-9-21-36(31)55-45)30-25-26-38-35(27-30)42-34(20-12-24-40(42)57-38)49-53-47(29-15-5-2-6-16-29)52-48(54-49)33-19-11-23-39-41(33)32-18-8-10-22-37(32)56-39/h1-27H. The zero-order chi connectivity index (χ0) is 37.5. The van der Waals surface area contributed by atoms with Crippen LogP contribution in [0.1, 0.15) is 0 Å². The Labute approximate surface area is 333 Å². The van der Waals surface area contributed by atoms with Crippen LogP contribution >= 0.6 is 22.7 Å². The second-order valence-corrected chi connectivity index (χ2v) is 16.1. The van der Waals surface area contributed by atoms with Gasteiger partial charge in [0.05, 0.1) is 0 Å². The fraction of sp³-hybridized carbons (Fsp3) is 0. The molecule has 0 amide bonds. The molecular formula is C49H27N5OS2. The molecule has 0 aliphatic carbocycles. The van der Waals surface area contributed by atoms with Crippen molar-refractivity contribution in [1.82, 2.24) is 24.9 Å². The number of hydrogen-bond acceptors (Lipinski definition) is 8. The van der Waals surface area contributed by atoms with Crippen molar-refractivity contribution in [2.24, 2.45) is 0 Å². The number of aromatic nitrogens is 5. The van der Waals surface area contributed by atoms with E-state index in [9.17, 15) is 0 Å². The van der Waals surface area contributed by atoms with Gasteiger partial charge in [0.1, 0.15) is 16.8 Å². The van der Waals surface area contributed by atoms with Gasteiger partial charge in [-0.1, -0.05) is 121 Å². The van der Waals surface area contributed by atoms with Crippen LogP contribution in [-0.4, -0.2) is 24.9 Å². The molecule has 0 unspecified atom stereocenters. The predicted molar refractivity (Wildman–Crippen MR) is 236 cm³/mol. The fourth-order valence-corrected chi connectivity index (χ4v) is 10.2. The number of fused-ring (bicyclic) bond motifs is 9. The number of nitrogens with zero attached hydrogens (tertiary/aromatic N) is 5. The lowest BCUT2D eigenvalue weighted by Gasteiger charge is -2.11. The maximum absolute atomic E-state index is 6.52. The van der Waals surface area contributed by atoms with Crippen molar-refractivity contribution in [2.75, 3.05) is 0 Å². The minimum atomic E-state index is 0.624. The van der Waals surface area contributed by atoms with E-state index in [2.05, 4.69) is 97.1 Å². The van der Waals surface area contributed by atoms with Crippen LogP contribution in [-0.2, 0) is 0 Å². The van der Waals surface area contributed by atoms with E-state index in [1.54, 1.807) is 22.7 Å². The first kappa shape index (κ1) is 32.1. The molecule has 57 heavy (non-hydrogen) atoms. The van der Waals surface area contributed by atoms with Crippen molar-refractivity contribution in [3.8, 4) is 56.8 Å². The van der Waals surface area contributed by atoms with Crippen LogP contribution in [0.25, 0.3) is 119 Å². The Bertz CT molecular complexity index is 3540. The summed E-state index contributed by atoms with van der Waals surface area (Å²) >= 11 is 3.55. The molecule has 0 atom stereocenters. The highest BCUT2D eigenvalue weighted by atomic mass is 32.1. The van der Waals surface area contributed by atoms with E-state index in [1.807, 2.05) is 66.7 Å². The van der Waals surface area contributed by atoms with Crippen LogP contribution < -0.4 is 0 Å². The van der Waals surface area contributed by atoms with Crippen molar-refractivity contribution in [3.63, 3.8) is 0 Å². The third kappa shape index (κ3) is 5.19. The zero-order valence-electron chi connectivity index (χ0n) is 30.0. The van der Waals surface area contributed by atoms with Crippen molar-refractivity contribution < 1.29 is 4.42 Å². The summed E-state index contributed by atoms with van der Waals surface area (Å²) in [6.07, 6.45) is 0. The first-order valence-electron chi connectivity index (χ1n) is 18.7. The number of hydrogen-bond donors (Lipinski definition) is 0. The predicted octanol–water partition coefficient (Wildman–Crippen LogP) is 13.6. The van der Waals surface area contributed by atoms with E-state index in [1.165, 1.54) is 14.8 Å². The summed E-state index contributed by atoms with van der Waals surface area (Å²) in [4.78, 5) is 25.9. The molecule has 0 radical (unpaired) electrons. The monoisotopic (exact) mass is 765 g/mol. The molecule has 6 nitrogen and oxygen atoms in total. The molecule has 0 aliphatic heterocycles. The molecule has 266 valence electrons. The van der Waals surface area contributed by atoms with Gasteiger partial charge in [-0.15, -0.1) is 22.7 Å². The molecule has 12 aromatic rings. The molecule has 7 aromatic carbocycles. The molecule has 0 fully saturated rings. The number of thiophene rings is 2. The summed E-state index contributed by atoms with van der Waals surface area (Å²) in [5.41, 5.74) is 7.75. The molecule has 0 aliphatic rings. The zero-order valence-corrected chi connectivity index (χ0v) is 31.7. The molecule has 12 rings (SSSR count). The van der Waals surface area contributed by atoms with E-state index in [-0.39, 0.29) is 0 Å². The van der Waals surface area contributed by atoms with Gasteiger partial charge in [-0.3, -0.25) is 0 Å². The average molecular weight is 766 g/mol. The maximum Gasteiger partial charge on any atom is 0.180 e. The molecule has 0 saturated carbocycles. The van der Waals surface area contributed by atoms with Gasteiger partial charge in [0.15, 0.2) is 28.9 Å². The molecule has 5 heterocycles. The number of para-hydroxylation sites is 1. The second kappa shape index (κ2) is 12.7. The van der Waals surface area contributed by atoms with Gasteiger partial charge in [0, 0.05) is 73.5 Å². The first-order chi connectivity index (χ1) is 28.2. The van der Waals surface area contributed by atoms with E-state index in [0.717, 1.165) is 75.6 Å². The van der Waals surface area contributed by atoms with E-state index >= 15 is 0 Å². The Morgan fingerprint density at radius 3 is 1.61 bits per heavy atom. The molecule has 0 spiro atoms. The normalized spacial score (nSPS) is 11.9. The van der Waals surface area contributed by atoms with Gasteiger partial charge in [-0.05, 0) is 42.5 Å². The van der Waals surface area contributed by atoms with Crippen LogP contribution in [0.2, 0.25) is 0 Å². The molecule has 8 heteroatoms. The van der Waals surface area contributed by atoms with Crippen molar-refractivity contribution in [3.05, 3.63) is 164 Å². The first-order valence-corrected chi connectivity index (χ1v) is 20.3. The number of furan rings is 1. The lowest BCUT2D eigenvalue weighted by Crippen LogP contribution is -2.00. The molecular weight excluding hydrogens is 739 g/mol. The minimum absolute atomic E-state index is 0.624. The maximum atomic E-state index is 6.52. The highest BCUT2D eigenvalue weighted by Crippen LogP contribution is 2.44. The third-order valence-electron chi connectivity index (χ3n) is 10.6. The van der Waals surface area contributed by atoms with Crippen molar-refractivity contribution in [2.45, 2.75) is 0 Å². The van der Waals surface area contributed by atoms with Crippen LogP contribution in [0.3, 0.4) is 0 Å². The molecule has 0 saturated heterocycles. The van der Waals surface area contributed by atoms with Gasteiger partial charge in [0.25, 0.3) is 0 Å². The Hall–Kier alpha value is -7.13. The number of rotatable bonds is 5. The summed E-state index contributed by atoms with van der Waals surface area (Å²) in [6, 6.07) is 56.3. The summed E-state index contributed by atoms with van der Waals surface area (Å²) in [5, 5.41) is 5.51. The fourth-order valence-electron chi connectivity index (χ4n) is 7.96. The largest absolute Gasteiger partial charge is 0.452 e. The summed E-state index contributed by atoms with van der Waals surface area (Å²) < 4.78 is 11.3. The Morgan fingerprint density at radius 2 is 0.912 bits per heavy atom. The van der Waals surface area contributed by atoms with Crippen LogP contribution in [0.5, 0.6) is 0 Å². The lowest BCUT2D eigenvalue weighted by molar-refractivity contribution is 0.667. The van der Waals surface area contributed by atoms with E-state index < -0.39 is 0 Å². The highest BCUT2D eigenvalue weighted by Gasteiger charge is 2.22. The van der Waals surface area contributed by atoms with Gasteiger partial charge >= 0.3 is 0 Å². The van der Waals surface area contributed by atoms with Crippen LogP contribution in [0.15, 0.2) is 168 Å². The summed E-state index contributed by atoms with van der Waals surface area (Å²) in [5.74, 6) is 2.55. The Morgan fingerprint density at radius 1 is 0.368 bits per heavy atom. The molecule has 0 bridgehead atoms. The van der Waals surface area contributed by atoms with Crippen LogP contribution in [0.4, 0.5) is 0 Å². The topological polar surface area (TPSA) is 77.6 Å². The summed E-state index contributed by atoms with van der Waals surface area (Å²) in [7, 11) is 0.